The number of ether oxygens (including phenoxy) is 1. The number of aromatic hydroxyl groups is 1. The van der Waals surface area contributed by atoms with Gasteiger partial charge in [0.15, 0.2) is 0 Å². The van der Waals surface area contributed by atoms with Gasteiger partial charge in [-0.05, 0) is 30.7 Å². The van der Waals surface area contributed by atoms with E-state index < -0.39 is 0 Å². The zero-order chi connectivity index (χ0) is 15.2. The van der Waals surface area contributed by atoms with E-state index in [0.29, 0.717) is 24.6 Å². The largest absolute Gasteiger partial charge is 0.507 e. The minimum atomic E-state index is -0.276. The van der Waals surface area contributed by atoms with Crippen LogP contribution in [0.2, 0.25) is 0 Å². The van der Waals surface area contributed by atoms with Crippen LogP contribution in [-0.2, 0) is 6.54 Å². The molecule has 0 radical (unpaired) electrons. The van der Waals surface area contributed by atoms with Crippen molar-refractivity contribution in [3.63, 3.8) is 0 Å². The number of phenols is 1. The first kappa shape index (κ1) is 15.2. The zero-order valence-corrected chi connectivity index (χ0v) is 12.3. The predicted octanol–water partition coefficient (Wildman–Crippen LogP) is 3.96. The molecule has 0 saturated heterocycles. The third-order valence-electron chi connectivity index (χ3n) is 3.20. The summed E-state index contributed by atoms with van der Waals surface area (Å²) in [6.07, 6.45) is 0.915. The van der Waals surface area contributed by atoms with Gasteiger partial charge in [0, 0.05) is 25.2 Å². The molecule has 2 aromatic carbocycles. The van der Waals surface area contributed by atoms with Gasteiger partial charge in [-0.15, -0.1) is 0 Å². The Balaban J connectivity index is 2.11. The number of anilines is 1. The second-order valence-electron chi connectivity index (χ2n) is 4.95. The normalized spacial score (nSPS) is 10.4. The molecule has 3 nitrogen and oxygen atoms in total. The van der Waals surface area contributed by atoms with E-state index >= 15 is 0 Å². The molecule has 0 atom stereocenters. The Labute approximate surface area is 124 Å². The van der Waals surface area contributed by atoms with Crippen LogP contribution < -0.4 is 9.64 Å². The second kappa shape index (κ2) is 6.97. The number of hydrogen-bond donors (Lipinski definition) is 1. The summed E-state index contributed by atoms with van der Waals surface area (Å²) < 4.78 is 19.2. The summed E-state index contributed by atoms with van der Waals surface area (Å²) >= 11 is 0. The van der Waals surface area contributed by atoms with E-state index in [1.807, 2.05) is 13.0 Å². The van der Waals surface area contributed by atoms with Crippen LogP contribution in [0.5, 0.6) is 11.5 Å². The molecule has 0 fully saturated rings. The van der Waals surface area contributed by atoms with Crippen molar-refractivity contribution < 1.29 is 14.2 Å². The molecular weight excluding hydrogens is 269 g/mol. The highest BCUT2D eigenvalue weighted by Crippen LogP contribution is 2.27. The van der Waals surface area contributed by atoms with E-state index in [1.165, 1.54) is 6.07 Å². The smallest absolute Gasteiger partial charge is 0.146 e. The Morgan fingerprint density at radius 3 is 2.62 bits per heavy atom. The standard InChI is InChI=1S/C17H20FNO2/c1-3-10-21-14-9-8-13(17(20)11-14)12-19(2)16-7-5-4-6-15(16)18/h4-9,11,20H,3,10,12H2,1-2H3. The van der Waals surface area contributed by atoms with Gasteiger partial charge in [0.1, 0.15) is 17.3 Å². The van der Waals surface area contributed by atoms with Gasteiger partial charge < -0.3 is 14.7 Å². The van der Waals surface area contributed by atoms with Crippen LogP contribution in [0.4, 0.5) is 10.1 Å². The van der Waals surface area contributed by atoms with Gasteiger partial charge >= 0.3 is 0 Å². The van der Waals surface area contributed by atoms with Crippen LogP contribution in [0, 0.1) is 5.82 Å². The van der Waals surface area contributed by atoms with Crippen molar-refractivity contribution in [2.24, 2.45) is 0 Å². The fourth-order valence-electron chi connectivity index (χ4n) is 2.09. The lowest BCUT2D eigenvalue weighted by Crippen LogP contribution is -2.17. The fraction of sp³-hybridized carbons (Fsp3) is 0.294. The van der Waals surface area contributed by atoms with E-state index in [4.69, 9.17) is 4.74 Å². The number of nitrogens with zero attached hydrogens (tertiary/aromatic N) is 1. The minimum Gasteiger partial charge on any atom is -0.507 e. The number of halogens is 1. The van der Waals surface area contributed by atoms with Gasteiger partial charge in [0.05, 0.1) is 12.3 Å². The molecule has 2 rings (SSSR count). The third-order valence-corrected chi connectivity index (χ3v) is 3.20. The molecule has 0 saturated carbocycles. The number of rotatable bonds is 6. The Hall–Kier alpha value is -2.23. The number of phenolic OH excluding ortho intramolecular Hbond substituents is 1. The van der Waals surface area contributed by atoms with Gasteiger partial charge in [-0.3, -0.25) is 0 Å². The summed E-state index contributed by atoms with van der Waals surface area (Å²) in [5.41, 5.74) is 1.23. The van der Waals surface area contributed by atoms with Gasteiger partial charge in [-0.2, -0.15) is 0 Å². The molecule has 4 heteroatoms. The summed E-state index contributed by atoms with van der Waals surface area (Å²) in [5.74, 6) is 0.529. The molecule has 0 aliphatic carbocycles. The van der Waals surface area contributed by atoms with Gasteiger partial charge in [-0.25, -0.2) is 4.39 Å². The molecule has 2 aromatic rings. The van der Waals surface area contributed by atoms with Crippen LogP contribution >= 0.6 is 0 Å². The molecule has 0 heterocycles. The van der Waals surface area contributed by atoms with Crippen molar-refractivity contribution in [3.8, 4) is 11.5 Å². The molecule has 0 amide bonds. The molecule has 0 unspecified atom stereocenters. The van der Waals surface area contributed by atoms with Crippen molar-refractivity contribution in [1.82, 2.24) is 0 Å². The quantitative estimate of drug-likeness (QED) is 0.873. The molecule has 0 aliphatic rings. The molecule has 112 valence electrons. The second-order valence-corrected chi connectivity index (χ2v) is 4.95. The van der Waals surface area contributed by atoms with E-state index in [1.54, 1.807) is 42.3 Å². The van der Waals surface area contributed by atoms with E-state index in [2.05, 4.69) is 0 Å². The van der Waals surface area contributed by atoms with Crippen LogP contribution in [-0.4, -0.2) is 18.8 Å². The lowest BCUT2D eigenvalue weighted by atomic mass is 10.1. The number of hydrogen-bond acceptors (Lipinski definition) is 3. The lowest BCUT2D eigenvalue weighted by molar-refractivity contribution is 0.315. The molecule has 0 spiro atoms. The summed E-state index contributed by atoms with van der Waals surface area (Å²) in [6.45, 7) is 3.06. The van der Waals surface area contributed by atoms with Crippen molar-refractivity contribution in [2.45, 2.75) is 19.9 Å². The third kappa shape index (κ3) is 3.88. The van der Waals surface area contributed by atoms with Gasteiger partial charge in [-0.1, -0.05) is 19.1 Å². The monoisotopic (exact) mass is 289 g/mol. The van der Waals surface area contributed by atoms with E-state index in [0.717, 1.165) is 12.0 Å². The maximum absolute atomic E-state index is 13.7. The molecule has 1 N–H and O–H groups in total. The average molecular weight is 289 g/mol. The van der Waals surface area contributed by atoms with Crippen LogP contribution in [0.15, 0.2) is 42.5 Å². The predicted molar refractivity (Wildman–Crippen MR) is 82.4 cm³/mol. The molecular formula is C17H20FNO2. The van der Waals surface area contributed by atoms with Crippen molar-refractivity contribution in [1.29, 1.82) is 0 Å². The van der Waals surface area contributed by atoms with Crippen LogP contribution in [0.1, 0.15) is 18.9 Å². The van der Waals surface area contributed by atoms with Crippen molar-refractivity contribution in [2.75, 3.05) is 18.6 Å². The molecule has 0 aliphatic heterocycles. The SMILES string of the molecule is CCCOc1ccc(CN(C)c2ccccc2F)c(O)c1. The van der Waals surface area contributed by atoms with Crippen LogP contribution in [0.25, 0.3) is 0 Å². The maximum atomic E-state index is 13.7. The Morgan fingerprint density at radius 1 is 1.19 bits per heavy atom. The Bertz CT molecular complexity index is 601. The Kier molecular flexibility index (Phi) is 5.04. The highest BCUT2D eigenvalue weighted by atomic mass is 19.1. The summed E-state index contributed by atoms with van der Waals surface area (Å²) in [7, 11) is 1.79. The molecule has 0 bridgehead atoms. The highest BCUT2D eigenvalue weighted by Gasteiger charge is 2.10. The van der Waals surface area contributed by atoms with Crippen LogP contribution in [0.3, 0.4) is 0 Å². The topological polar surface area (TPSA) is 32.7 Å². The summed E-state index contributed by atoms with van der Waals surface area (Å²) in [5, 5.41) is 10.1. The summed E-state index contributed by atoms with van der Waals surface area (Å²) in [6, 6.07) is 11.8. The summed E-state index contributed by atoms with van der Waals surface area (Å²) in [4.78, 5) is 1.76. The van der Waals surface area contributed by atoms with E-state index in [9.17, 15) is 9.50 Å². The molecule has 21 heavy (non-hydrogen) atoms. The van der Waals surface area contributed by atoms with Gasteiger partial charge in [0.25, 0.3) is 0 Å². The first-order chi connectivity index (χ1) is 10.1. The van der Waals surface area contributed by atoms with E-state index in [-0.39, 0.29) is 11.6 Å². The lowest BCUT2D eigenvalue weighted by Gasteiger charge is -2.20. The number of benzene rings is 2. The van der Waals surface area contributed by atoms with Crippen molar-refractivity contribution in [3.05, 3.63) is 53.8 Å². The maximum Gasteiger partial charge on any atom is 0.146 e. The first-order valence-electron chi connectivity index (χ1n) is 7.02. The molecule has 0 aromatic heterocycles. The Morgan fingerprint density at radius 2 is 1.95 bits per heavy atom. The highest BCUT2D eigenvalue weighted by molar-refractivity contribution is 5.49. The first-order valence-corrected chi connectivity index (χ1v) is 7.02. The van der Waals surface area contributed by atoms with Crippen molar-refractivity contribution >= 4 is 5.69 Å². The minimum absolute atomic E-state index is 0.159. The number of para-hydroxylation sites is 1. The average Bonchev–Trinajstić information content (AvgIpc) is 2.48. The van der Waals surface area contributed by atoms with Gasteiger partial charge in [0.2, 0.25) is 0 Å². The zero-order valence-electron chi connectivity index (χ0n) is 12.3. The fourth-order valence-corrected chi connectivity index (χ4v) is 2.09.